The number of nitrogens with two attached hydrogens (primary N) is 1. The Balaban J connectivity index is 2.01. The van der Waals surface area contributed by atoms with Crippen LogP contribution in [0.2, 0.25) is 0 Å². The van der Waals surface area contributed by atoms with Crippen molar-refractivity contribution in [2.24, 2.45) is 10.9 Å². The number of rotatable bonds is 4. The lowest BCUT2D eigenvalue weighted by molar-refractivity contribution is -0.144. The summed E-state index contributed by atoms with van der Waals surface area (Å²) in [6, 6.07) is 9.16. The highest BCUT2D eigenvalue weighted by molar-refractivity contribution is 5.88. The molecule has 1 amide bonds. The molecule has 0 radical (unpaired) electrons. The van der Waals surface area contributed by atoms with Gasteiger partial charge in [0.15, 0.2) is 0 Å². The van der Waals surface area contributed by atoms with E-state index in [1.165, 1.54) is 6.21 Å². The number of hydrogen-bond acceptors (Lipinski definition) is 4. The molecule has 0 saturated heterocycles. The van der Waals surface area contributed by atoms with E-state index < -0.39 is 11.5 Å². The SMILES string of the molecule is NC(=O)C1(COc2ccccc2)CC=NO1. The van der Waals surface area contributed by atoms with Gasteiger partial charge in [0.05, 0.1) is 0 Å². The van der Waals surface area contributed by atoms with E-state index >= 15 is 0 Å². The van der Waals surface area contributed by atoms with Crippen LogP contribution in [-0.2, 0) is 9.63 Å². The van der Waals surface area contributed by atoms with Crippen LogP contribution in [0.5, 0.6) is 5.75 Å². The predicted molar refractivity (Wildman–Crippen MR) is 58.1 cm³/mol. The quantitative estimate of drug-likeness (QED) is 0.811. The molecule has 1 aliphatic heterocycles. The van der Waals surface area contributed by atoms with E-state index in [1.54, 1.807) is 12.1 Å². The van der Waals surface area contributed by atoms with Crippen molar-refractivity contribution in [3.8, 4) is 5.75 Å². The molecular formula is C11H12N2O3. The molecule has 2 N–H and O–H groups in total. The molecule has 1 heterocycles. The summed E-state index contributed by atoms with van der Waals surface area (Å²) in [6.45, 7) is 0.0619. The number of ether oxygens (including phenoxy) is 1. The smallest absolute Gasteiger partial charge is 0.268 e. The maximum atomic E-state index is 11.3. The highest BCUT2D eigenvalue weighted by Gasteiger charge is 2.43. The number of hydrogen-bond donors (Lipinski definition) is 1. The average Bonchev–Trinajstić information content (AvgIpc) is 2.78. The topological polar surface area (TPSA) is 73.9 Å². The second kappa shape index (κ2) is 4.22. The third-order valence-corrected chi connectivity index (χ3v) is 2.39. The van der Waals surface area contributed by atoms with Gasteiger partial charge in [0, 0.05) is 12.6 Å². The molecule has 0 bridgehead atoms. The number of primary amides is 1. The molecule has 1 atom stereocenters. The van der Waals surface area contributed by atoms with Crippen LogP contribution in [0.25, 0.3) is 0 Å². The highest BCUT2D eigenvalue weighted by atomic mass is 16.7. The average molecular weight is 220 g/mol. The van der Waals surface area contributed by atoms with Gasteiger partial charge < -0.3 is 15.3 Å². The number of para-hydroxylation sites is 1. The lowest BCUT2D eigenvalue weighted by atomic mass is 10.0. The minimum Gasteiger partial charge on any atom is -0.489 e. The normalized spacial score (nSPS) is 22.8. The second-order valence-electron chi connectivity index (χ2n) is 3.54. The summed E-state index contributed by atoms with van der Waals surface area (Å²) in [7, 11) is 0. The van der Waals surface area contributed by atoms with Gasteiger partial charge in [0.2, 0.25) is 0 Å². The maximum Gasteiger partial charge on any atom is 0.268 e. The molecule has 0 saturated carbocycles. The summed E-state index contributed by atoms with van der Waals surface area (Å²) in [6.07, 6.45) is 1.86. The van der Waals surface area contributed by atoms with E-state index in [2.05, 4.69) is 5.16 Å². The summed E-state index contributed by atoms with van der Waals surface area (Å²) in [5, 5.41) is 3.56. The molecule has 0 aliphatic carbocycles. The second-order valence-corrected chi connectivity index (χ2v) is 3.54. The van der Waals surface area contributed by atoms with Crippen LogP contribution in [0.3, 0.4) is 0 Å². The van der Waals surface area contributed by atoms with Crippen molar-refractivity contribution in [1.82, 2.24) is 0 Å². The van der Waals surface area contributed by atoms with Gasteiger partial charge in [-0.05, 0) is 12.1 Å². The molecule has 1 aromatic rings. The fraction of sp³-hybridized carbons (Fsp3) is 0.273. The van der Waals surface area contributed by atoms with Crippen LogP contribution in [0, 0.1) is 0 Å². The number of carbonyl (C=O) groups excluding carboxylic acids is 1. The van der Waals surface area contributed by atoms with Crippen LogP contribution in [0.15, 0.2) is 35.5 Å². The van der Waals surface area contributed by atoms with Crippen molar-refractivity contribution in [3.63, 3.8) is 0 Å². The van der Waals surface area contributed by atoms with Crippen molar-refractivity contribution in [1.29, 1.82) is 0 Å². The van der Waals surface area contributed by atoms with E-state index in [0.29, 0.717) is 12.2 Å². The monoisotopic (exact) mass is 220 g/mol. The number of nitrogens with zero attached hydrogens (tertiary/aromatic N) is 1. The fourth-order valence-electron chi connectivity index (χ4n) is 1.38. The molecule has 1 unspecified atom stereocenters. The Bertz CT molecular complexity index is 395. The molecule has 16 heavy (non-hydrogen) atoms. The first-order chi connectivity index (χ1) is 7.73. The molecule has 0 aromatic heterocycles. The van der Waals surface area contributed by atoms with Crippen LogP contribution in [-0.4, -0.2) is 24.3 Å². The van der Waals surface area contributed by atoms with Gasteiger partial charge in [-0.25, -0.2) is 0 Å². The summed E-state index contributed by atoms with van der Waals surface area (Å²) in [5.74, 6) is 0.0968. The Morgan fingerprint density at radius 3 is 2.81 bits per heavy atom. The third kappa shape index (κ3) is 1.98. The van der Waals surface area contributed by atoms with E-state index in [-0.39, 0.29) is 6.61 Å². The van der Waals surface area contributed by atoms with Crippen LogP contribution in [0.4, 0.5) is 0 Å². The summed E-state index contributed by atoms with van der Waals surface area (Å²) < 4.78 is 5.45. The van der Waals surface area contributed by atoms with Crippen LogP contribution in [0.1, 0.15) is 6.42 Å². The van der Waals surface area contributed by atoms with Crippen molar-refractivity contribution in [2.75, 3.05) is 6.61 Å². The van der Waals surface area contributed by atoms with Gasteiger partial charge in [-0.3, -0.25) is 4.79 Å². The minimum absolute atomic E-state index is 0.0619. The Hall–Kier alpha value is -2.04. The van der Waals surface area contributed by atoms with Gasteiger partial charge in [-0.1, -0.05) is 23.4 Å². The van der Waals surface area contributed by atoms with Crippen molar-refractivity contribution in [3.05, 3.63) is 30.3 Å². The van der Waals surface area contributed by atoms with Crippen LogP contribution >= 0.6 is 0 Å². The summed E-state index contributed by atoms with van der Waals surface area (Å²) in [4.78, 5) is 16.3. The molecule has 1 aromatic carbocycles. The number of carbonyl (C=O) groups is 1. The Morgan fingerprint density at radius 2 is 2.25 bits per heavy atom. The summed E-state index contributed by atoms with van der Waals surface area (Å²) in [5.41, 5.74) is 4.12. The van der Waals surface area contributed by atoms with Gasteiger partial charge >= 0.3 is 0 Å². The van der Waals surface area contributed by atoms with E-state index in [4.69, 9.17) is 15.3 Å². The Labute approximate surface area is 92.8 Å². The molecule has 1 aliphatic rings. The van der Waals surface area contributed by atoms with E-state index in [9.17, 15) is 4.79 Å². The first-order valence-corrected chi connectivity index (χ1v) is 4.91. The highest BCUT2D eigenvalue weighted by Crippen LogP contribution is 2.22. The zero-order valence-electron chi connectivity index (χ0n) is 8.63. The number of oxime groups is 1. The zero-order chi connectivity index (χ0) is 11.4. The first-order valence-electron chi connectivity index (χ1n) is 4.91. The van der Waals surface area contributed by atoms with Crippen molar-refractivity contribution >= 4 is 12.1 Å². The minimum atomic E-state index is -1.16. The van der Waals surface area contributed by atoms with Crippen molar-refractivity contribution < 1.29 is 14.4 Å². The fourth-order valence-corrected chi connectivity index (χ4v) is 1.38. The standard InChI is InChI=1S/C11H12N2O3/c12-10(14)11(6-7-13-16-11)8-15-9-4-2-1-3-5-9/h1-5,7H,6,8H2,(H2,12,14). The van der Waals surface area contributed by atoms with Gasteiger partial charge in [-0.2, -0.15) is 0 Å². The number of amides is 1. The predicted octanol–water partition coefficient (Wildman–Crippen LogP) is 0.696. The zero-order valence-corrected chi connectivity index (χ0v) is 8.63. The Kier molecular flexibility index (Phi) is 2.76. The lowest BCUT2D eigenvalue weighted by Gasteiger charge is -2.22. The molecule has 0 fully saturated rings. The Morgan fingerprint density at radius 1 is 1.50 bits per heavy atom. The molecule has 84 valence electrons. The van der Waals surface area contributed by atoms with E-state index in [0.717, 1.165) is 0 Å². The number of benzene rings is 1. The van der Waals surface area contributed by atoms with Gasteiger partial charge in [0.25, 0.3) is 11.5 Å². The largest absolute Gasteiger partial charge is 0.489 e. The molecule has 5 heteroatoms. The third-order valence-electron chi connectivity index (χ3n) is 2.39. The molecule has 5 nitrogen and oxygen atoms in total. The van der Waals surface area contributed by atoms with E-state index in [1.807, 2.05) is 18.2 Å². The van der Waals surface area contributed by atoms with Crippen LogP contribution < -0.4 is 10.5 Å². The summed E-state index contributed by atoms with van der Waals surface area (Å²) >= 11 is 0. The molecular weight excluding hydrogens is 208 g/mol. The molecule has 0 spiro atoms. The van der Waals surface area contributed by atoms with Gasteiger partial charge in [-0.15, -0.1) is 0 Å². The molecule has 2 rings (SSSR count). The first kappa shape index (κ1) is 10.5. The lowest BCUT2D eigenvalue weighted by Crippen LogP contribution is -2.48. The van der Waals surface area contributed by atoms with Gasteiger partial charge in [0.1, 0.15) is 12.4 Å². The van der Waals surface area contributed by atoms with Crippen molar-refractivity contribution in [2.45, 2.75) is 12.0 Å². The maximum absolute atomic E-state index is 11.3.